The summed E-state index contributed by atoms with van der Waals surface area (Å²) in [7, 11) is 1.92. The summed E-state index contributed by atoms with van der Waals surface area (Å²) in [6, 6.07) is -0.311. The van der Waals surface area contributed by atoms with Crippen molar-refractivity contribution in [2.24, 2.45) is 0 Å². The first kappa shape index (κ1) is 17.4. The maximum atomic E-state index is 11.0. The van der Waals surface area contributed by atoms with E-state index in [0.29, 0.717) is 6.42 Å². The van der Waals surface area contributed by atoms with E-state index in [1.54, 1.807) is 0 Å². The SMILES string of the molecule is CCCCCCCCCCN(C)C(CC)C(=O)O. The van der Waals surface area contributed by atoms with Gasteiger partial charge in [-0.3, -0.25) is 9.69 Å². The summed E-state index contributed by atoms with van der Waals surface area (Å²) in [6.45, 7) is 5.07. The Bertz CT molecular complexity index is 207. The number of hydrogen-bond donors (Lipinski definition) is 1. The second-order valence-corrected chi connectivity index (χ2v) is 5.22. The van der Waals surface area contributed by atoms with Crippen LogP contribution in [-0.2, 0) is 4.79 Å². The highest BCUT2D eigenvalue weighted by Gasteiger charge is 2.19. The molecule has 0 radical (unpaired) electrons. The van der Waals surface area contributed by atoms with E-state index in [4.69, 9.17) is 5.11 Å². The van der Waals surface area contributed by atoms with Gasteiger partial charge in [-0.2, -0.15) is 0 Å². The molecule has 0 aromatic heterocycles. The van der Waals surface area contributed by atoms with Gasteiger partial charge >= 0.3 is 5.97 Å². The first-order chi connectivity index (χ1) is 8.63. The normalized spacial score (nSPS) is 12.9. The van der Waals surface area contributed by atoms with Gasteiger partial charge in [0.2, 0.25) is 0 Å². The van der Waals surface area contributed by atoms with Crippen LogP contribution in [0.15, 0.2) is 0 Å². The predicted octanol–water partition coefficient (Wildman–Crippen LogP) is 3.92. The van der Waals surface area contributed by atoms with Gasteiger partial charge in [0.05, 0.1) is 0 Å². The number of carbonyl (C=O) groups is 1. The lowest BCUT2D eigenvalue weighted by atomic mass is 10.1. The molecule has 18 heavy (non-hydrogen) atoms. The highest BCUT2D eigenvalue weighted by Crippen LogP contribution is 2.10. The second kappa shape index (κ2) is 11.5. The van der Waals surface area contributed by atoms with Crippen LogP contribution in [0.3, 0.4) is 0 Å². The minimum Gasteiger partial charge on any atom is -0.480 e. The predicted molar refractivity (Wildman–Crippen MR) is 77.0 cm³/mol. The van der Waals surface area contributed by atoms with Crippen LogP contribution in [0.4, 0.5) is 0 Å². The summed E-state index contributed by atoms with van der Waals surface area (Å²) in [5, 5.41) is 9.03. The number of hydrogen-bond acceptors (Lipinski definition) is 2. The summed E-state index contributed by atoms with van der Waals surface area (Å²) < 4.78 is 0. The van der Waals surface area contributed by atoms with E-state index in [0.717, 1.165) is 13.0 Å². The van der Waals surface area contributed by atoms with E-state index in [1.807, 2.05) is 18.9 Å². The fourth-order valence-electron chi connectivity index (χ4n) is 2.33. The zero-order chi connectivity index (χ0) is 13.8. The average Bonchev–Trinajstić information content (AvgIpc) is 2.33. The van der Waals surface area contributed by atoms with Gasteiger partial charge in [-0.05, 0) is 26.4 Å². The lowest BCUT2D eigenvalue weighted by Crippen LogP contribution is -2.38. The van der Waals surface area contributed by atoms with E-state index in [9.17, 15) is 4.79 Å². The summed E-state index contributed by atoms with van der Waals surface area (Å²) in [5.41, 5.74) is 0. The lowest BCUT2D eigenvalue weighted by molar-refractivity contribution is -0.142. The molecule has 0 saturated heterocycles. The Kier molecular flexibility index (Phi) is 11.2. The fraction of sp³-hybridized carbons (Fsp3) is 0.933. The molecule has 0 aliphatic carbocycles. The lowest BCUT2D eigenvalue weighted by Gasteiger charge is -2.23. The average molecular weight is 257 g/mol. The molecule has 0 aromatic carbocycles. The smallest absolute Gasteiger partial charge is 0.320 e. The van der Waals surface area contributed by atoms with Crippen LogP contribution in [0.1, 0.15) is 71.6 Å². The number of carboxylic acid groups (broad SMARTS) is 1. The Labute approximate surface area is 113 Å². The van der Waals surface area contributed by atoms with E-state index in [2.05, 4.69) is 6.92 Å². The van der Waals surface area contributed by atoms with Crippen molar-refractivity contribution in [3.63, 3.8) is 0 Å². The summed E-state index contributed by atoms with van der Waals surface area (Å²) in [5.74, 6) is -0.695. The molecular formula is C15H31NO2. The molecule has 0 aliphatic rings. The monoisotopic (exact) mass is 257 g/mol. The minimum atomic E-state index is -0.695. The molecule has 0 heterocycles. The zero-order valence-corrected chi connectivity index (χ0v) is 12.5. The quantitative estimate of drug-likeness (QED) is 0.539. The van der Waals surface area contributed by atoms with E-state index in [-0.39, 0.29) is 6.04 Å². The molecule has 1 atom stereocenters. The zero-order valence-electron chi connectivity index (χ0n) is 12.5. The van der Waals surface area contributed by atoms with Gasteiger partial charge in [0.15, 0.2) is 0 Å². The van der Waals surface area contributed by atoms with Crippen molar-refractivity contribution in [2.75, 3.05) is 13.6 Å². The van der Waals surface area contributed by atoms with Crippen LogP contribution in [0, 0.1) is 0 Å². The molecule has 0 spiro atoms. The van der Waals surface area contributed by atoms with Gasteiger partial charge < -0.3 is 5.11 Å². The van der Waals surface area contributed by atoms with Crippen LogP contribution in [-0.4, -0.2) is 35.6 Å². The second-order valence-electron chi connectivity index (χ2n) is 5.22. The molecule has 1 unspecified atom stereocenters. The molecule has 0 saturated carbocycles. The van der Waals surface area contributed by atoms with E-state index >= 15 is 0 Å². The first-order valence-electron chi connectivity index (χ1n) is 7.56. The molecule has 3 nitrogen and oxygen atoms in total. The molecule has 1 N–H and O–H groups in total. The van der Waals surface area contributed by atoms with Gasteiger partial charge in [-0.25, -0.2) is 0 Å². The molecule has 0 bridgehead atoms. The van der Waals surface area contributed by atoms with Crippen molar-refractivity contribution < 1.29 is 9.90 Å². The minimum absolute atomic E-state index is 0.311. The van der Waals surface area contributed by atoms with Gasteiger partial charge in [0.25, 0.3) is 0 Å². The molecule has 0 rings (SSSR count). The van der Waals surface area contributed by atoms with Gasteiger partial charge in [0.1, 0.15) is 6.04 Å². The highest BCUT2D eigenvalue weighted by atomic mass is 16.4. The Morgan fingerprint density at radius 3 is 1.94 bits per heavy atom. The van der Waals surface area contributed by atoms with Crippen molar-refractivity contribution in [3.8, 4) is 0 Å². The van der Waals surface area contributed by atoms with Crippen molar-refractivity contribution in [2.45, 2.75) is 77.7 Å². The standard InChI is InChI=1S/C15H31NO2/c1-4-6-7-8-9-10-11-12-13-16(3)14(5-2)15(17)18/h14H,4-13H2,1-3H3,(H,17,18). The Hall–Kier alpha value is -0.570. The van der Waals surface area contributed by atoms with Crippen molar-refractivity contribution in [3.05, 3.63) is 0 Å². The number of nitrogens with zero attached hydrogens (tertiary/aromatic N) is 1. The third-order valence-corrected chi connectivity index (χ3v) is 3.57. The number of unbranched alkanes of at least 4 members (excludes halogenated alkanes) is 7. The van der Waals surface area contributed by atoms with Crippen LogP contribution >= 0.6 is 0 Å². The largest absolute Gasteiger partial charge is 0.480 e. The van der Waals surface area contributed by atoms with E-state index in [1.165, 1.54) is 44.9 Å². The fourth-order valence-corrected chi connectivity index (χ4v) is 2.33. The van der Waals surface area contributed by atoms with Gasteiger partial charge in [0, 0.05) is 0 Å². The van der Waals surface area contributed by atoms with Gasteiger partial charge in [-0.1, -0.05) is 58.8 Å². The van der Waals surface area contributed by atoms with E-state index < -0.39 is 5.97 Å². The maximum Gasteiger partial charge on any atom is 0.320 e. The highest BCUT2D eigenvalue weighted by molar-refractivity contribution is 5.73. The molecule has 108 valence electrons. The number of carboxylic acids is 1. The van der Waals surface area contributed by atoms with Crippen molar-refractivity contribution in [1.29, 1.82) is 0 Å². The summed E-state index contributed by atoms with van der Waals surface area (Å²) in [6.07, 6.45) is 11.0. The van der Waals surface area contributed by atoms with Crippen LogP contribution < -0.4 is 0 Å². The number of likely N-dealkylation sites (N-methyl/N-ethyl adjacent to an activating group) is 1. The van der Waals surface area contributed by atoms with Crippen molar-refractivity contribution >= 4 is 5.97 Å². The third-order valence-electron chi connectivity index (χ3n) is 3.57. The number of aliphatic carboxylic acids is 1. The Balaban J connectivity index is 3.45. The first-order valence-corrected chi connectivity index (χ1v) is 7.56. The molecule has 0 aromatic rings. The maximum absolute atomic E-state index is 11.0. The number of rotatable bonds is 12. The molecule has 0 fully saturated rings. The molecule has 3 heteroatoms. The Morgan fingerprint density at radius 1 is 1.00 bits per heavy atom. The molecule has 0 amide bonds. The Morgan fingerprint density at radius 2 is 1.50 bits per heavy atom. The summed E-state index contributed by atoms with van der Waals surface area (Å²) in [4.78, 5) is 12.9. The van der Waals surface area contributed by atoms with Crippen molar-refractivity contribution in [1.82, 2.24) is 4.90 Å². The van der Waals surface area contributed by atoms with Gasteiger partial charge in [-0.15, -0.1) is 0 Å². The third kappa shape index (κ3) is 8.51. The van der Waals surface area contributed by atoms with Crippen LogP contribution in [0.2, 0.25) is 0 Å². The summed E-state index contributed by atoms with van der Waals surface area (Å²) >= 11 is 0. The topological polar surface area (TPSA) is 40.5 Å². The molecular weight excluding hydrogens is 226 g/mol. The van der Waals surface area contributed by atoms with Crippen LogP contribution in [0.5, 0.6) is 0 Å². The molecule has 0 aliphatic heterocycles. The van der Waals surface area contributed by atoms with Crippen LogP contribution in [0.25, 0.3) is 0 Å².